The number of fused-ring (bicyclic) bond motifs is 1. The minimum atomic E-state index is -0.0523. The first-order valence-electron chi connectivity index (χ1n) is 12.6. The lowest BCUT2D eigenvalue weighted by molar-refractivity contribution is -0.120. The minimum Gasteiger partial charge on any atom is -0.493 e. The van der Waals surface area contributed by atoms with Gasteiger partial charge in [-0.3, -0.25) is 4.79 Å². The van der Waals surface area contributed by atoms with Gasteiger partial charge in [0.05, 0.1) is 38.2 Å². The highest BCUT2D eigenvalue weighted by molar-refractivity contribution is 5.79. The molecule has 37 heavy (non-hydrogen) atoms. The van der Waals surface area contributed by atoms with Crippen LogP contribution in [0.15, 0.2) is 66.7 Å². The number of ether oxygens (including phenoxy) is 3. The Morgan fingerprint density at radius 1 is 0.946 bits per heavy atom. The molecule has 4 aromatic rings. The average Bonchev–Trinajstić information content (AvgIpc) is 3.26. The van der Waals surface area contributed by atoms with Crippen LogP contribution < -0.4 is 19.5 Å². The predicted octanol–water partition coefficient (Wildman–Crippen LogP) is 5.16. The fourth-order valence-electron chi connectivity index (χ4n) is 4.45. The van der Waals surface area contributed by atoms with Crippen LogP contribution in [0, 0.1) is 0 Å². The number of imidazole rings is 1. The Bertz CT molecular complexity index is 1350. The number of hydrogen-bond donors (Lipinski definition) is 1. The van der Waals surface area contributed by atoms with Crippen molar-refractivity contribution in [3.8, 4) is 17.2 Å². The normalized spacial score (nSPS) is 11.1. The number of nitrogens with one attached hydrogen (secondary N) is 1. The summed E-state index contributed by atoms with van der Waals surface area (Å²) < 4.78 is 19.0. The van der Waals surface area contributed by atoms with E-state index >= 15 is 0 Å². The van der Waals surface area contributed by atoms with Gasteiger partial charge < -0.3 is 24.1 Å². The van der Waals surface area contributed by atoms with Crippen LogP contribution in [0.5, 0.6) is 17.2 Å². The molecule has 0 radical (unpaired) electrons. The van der Waals surface area contributed by atoms with Crippen molar-refractivity contribution in [1.29, 1.82) is 0 Å². The molecule has 0 aliphatic heterocycles. The Balaban J connectivity index is 1.38. The van der Waals surface area contributed by atoms with E-state index in [-0.39, 0.29) is 12.3 Å². The number of amides is 1. The van der Waals surface area contributed by atoms with Gasteiger partial charge in [0, 0.05) is 13.0 Å². The zero-order chi connectivity index (χ0) is 26.2. The number of para-hydroxylation sites is 3. The third kappa shape index (κ3) is 6.42. The molecule has 0 unspecified atom stereocenters. The number of hydrogen-bond acceptors (Lipinski definition) is 5. The van der Waals surface area contributed by atoms with Crippen molar-refractivity contribution in [2.24, 2.45) is 0 Å². The van der Waals surface area contributed by atoms with E-state index in [9.17, 15) is 4.79 Å². The van der Waals surface area contributed by atoms with E-state index in [4.69, 9.17) is 19.2 Å². The topological polar surface area (TPSA) is 74.6 Å². The monoisotopic (exact) mass is 501 g/mol. The third-order valence-corrected chi connectivity index (χ3v) is 6.33. The Kier molecular flexibility index (Phi) is 8.67. The van der Waals surface area contributed by atoms with Crippen molar-refractivity contribution in [3.05, 3.63) is 83.7 Å². The first kappa shape index (κ1) is 26.1. The summed E-state index contributed by atoms with van der Waals surface area (Å²) >= 11 is 0. The lowest BCUT2D eigenvalue weighted by Gasteiger charge is -2.15. The summed E-state index contributed by atoms with van der Waals surface area (Å²) in [6.07, 6.45) is 0.884. The van der Waals surface area contributed by atoms with Gasteiger partial charge in [0.1, 0.15) is 18.2 Å². The average molecular weight is 502 g/mol. The molecular formula is C30H35N3O4. The van der Waals surface area contributed by atoms with Crippen LogP contribution in [0.25, 0.3) is 11.0 Å². The number of methoxy groups -OCH3 is 2. The Morgan fingerprint density at radius 3 is 2.49 bits per heavy atom. The van der Waals surface area contributed by atoms with Crippen LogP contribution in [0.3, 0.4) is 0 Å². The van der Waals surface area contributed by atoms with Gasteiger partial charge in [-0.15, -0.1) is 0 Å². The van der Waals surface area contributed by atoms with Crippen molar-refractivity contribution < 1.29 is 19.0 Å². The molecule has 7 heteroatoms. The highest BCUT2D eigenvalue weighted by Crippen LogP contribution is 2.28. The first-order valence-corrected chi connectivity index (χ1v) is 12.6. The number of aromatic nitrogens is 2. The summed E-state index contributed by atoms with van der Waals surface area (Å²) in [5.74, 6) is 3.44. The zero-order valence-electron chi connectivity index (χ0n) is 22.0. The molecule has 0 aliphatic rings. The van der Waals surface area contributed by atoms with E-state index in [0.717, 1.165) is 28.2 Å². The van der Waals surface area contributed by atoms with Crippen LogP contribution >= 0.6 is 0 Å². The quantitative estimate of drug-likeness (QED) is 0.290. The third-order valence-electron chi connectivity index (χ3n) is 6.33. The highest BCUT2D eigenvalue weighted by atomic mass is 16.5. The maximum atomic E-state index is 12.6. The molecule has 0 saturated carbocycles. The fraction of sp³-hybridized carbons (Fsp3) is 0.333. The molecule has 194 valence electrons. The van der Waals surface area contributed by atoms with Crippen molar-refractivity contribution in [2.45, 2.75) is 39.2 Å². The number of carbonyl (C=O) groups excluding carboxylic acids is 1. The van der Waals surface area contributed by atoms with Crippen LogP contribution in [-0.2, 0) is 24.2 Å². The summed E-state index contributed by atoms with van der Waals surface area (Å²) in [4.78, 5) is 17.4. The second-order valence-corrected chi connectivity index (χ2v) is 9.18. The van der Waals surface area contributed by atoms with Crippen molar-refractivity contribution >= 4 is 16.9 Å². The van der Waals surface area contributed by atoms with Gasteiger partial charge in [-0.05, 0) is 47.4 Å². The molecule has 1 heterocycles. The number of benzene rings is 3. The lowest BCUT2D eigenvalue weighted by Crippen LogP contribution is -2.28. The summed E-state index contributed by atoms with van der Waals surface area (Å²) in [6.45, 7) is 6.03. The number of rotatable bonds is 12. The van der Waals surface area contributed by atoms with Gasteiger partial charge in [0.15, 0.2) is 11.5 Å². The first-order chi connectivity index (χ1) is 18.0. The number of nitrogens with zero attached hydrogens (tertiary/aromatic N) is 2. The summed E-state index contributed by atoms with van der Waals surface area (Å²) in [6, 6.07) is 21.8. The van der Waals surface area contributed by atoms with Crippen LogP contribution in [0.2, 0.25) is 0 Å². The molecule has 0 spiro atoms. The smallest absolute Gasteiger partial charge is 0.224 e. The van der Waals surface area contributed by atoms with Crippen LogP contribution in [0.4, 0.5) is 0 Å². The van der Waals surface area contributed by atoms with Crippen LogP contribution in [-0.4, -0.2) is 42.8 Å². The molecule has 0 bridgehead atoms. The second-order valence-electron chi connectivity index (χ2n) is 9.18. The van der Waals surface area contributed by atoms with Crippen molar-refractivity contribution in [1.82, 2.24) is 14.9 Å². The van der Waals surface area contributed by atoms with Gasteiger partial charge >= 0.3 is 0 Å². The Labute approximate surface area is 218 Å². The van der Waals surface area contributed by atoms with Gasteiger partial charge in [-0.2, -0.15) is 0 Å². The zero-order valence-corrected chi connectivity index (χ0v) is 22.0. The van der Waals surface area contributed by atoms with Crippen LogP contribution in [0.1, 0.15) is 36.7 Å². The van der Waals surface area contributed by atoms with E-state index in [1.54, 1.807) is 14.2 Å². The van der Waals surface area contributed by atoms with E-state index in [0.29, 0.717) is 43.5 Å². The summed E-state index contributed by atoms with van der Waals surface area (Å²) in [7, 11) is 3.18. The van der Waals surface area contributed by atoms with Crippen molar-refractivity contribution in [2.75, 3.05) is 27.4 Å². The molecule has 4 rings (SSSR count). The summed E-state index contributed by atoms with van der Waals surface area (Å²) in [5, 5.41) is 3.02. The van der Waals surface area contributed by atoms with E-state index in [1.807, 2.05) is 54.6 Å². The van der Waals surface area contributed by atoms with Gasteiger partial charge in [0.25, 0.3) is 0 Å². The van der Waals surface area contributed by atoms with E-state index < -0.39 is 0 Å². The molecule has 1 N–H and O–H groups in total. The van der Waals surface area contributed by atoms with Gasteiger partial charge in [0.2, 0.25) is 5.91 Å². The number of carbonyl (C=O) groups is 1. The predicted molar refractivity (Wildman–Crippen MR) is 146 cm³/mol. The van der Waals surface area contributed by atoms with Gasteiger partial charge in [-0.1, -0.05) is 50.2 Å². The van der Waals surface area contributed by atoms with E-state index in [1.165, 1.54) is 5.56 Å². The molecule has 0 saturated heterocycles. The lowest BCUT2D eigenvalue weighted by atomic mass is 10.0. The van der Waals surface area contributed by atoms with E-state index in [2.05, 4.69) is 35.9 Å². The largest absolute Gasteiger partial charge is 0.493 e. The molecule has 7 nitrogen and oxygen atoms in total. The van der Waals surface area contributed by atoms with Crippen molar-refractivity contribution in [3.63, 3.8) is 0 Å². The summed E-state index contributed by atoms with van der Waals surface area (Å²) in [5.41, 5.74) is 4.07. The molecular weight excluding hydrogens is 466 g/mol. The van der Waals surface area contributed by atoms with Gasteiger partial charge in [-0.25, -0.2) is 4.98 Å². The molecule has 0 aliphatic carbocycles. The second kappa shape index (κ2) is 12.3. The standard InChI is InChI=1S/C30H35N3O4/c1-21(2)23-9-5-8-12-26(23)37-18-17-33-25-11-7-6-10-24(25)32-29(33)15-16-31-30(34)20-22-13-14-27(35-3)28(19-22)36-4/h5-14,19,21H,15-18,20H2,1-4H3,(H,31,34). The SMILES string of the molecule is COc1ccc(CC(=O)NCCc2nc3ccccc3n2CCOc2ccccc2C(C)C)cc1OC. The fourth-order valence-corrected chi connectivity index (χ4v) is 4.45. The molecule has 1 aromatic heterocycles. The Hall–Kier alpha value is -4.00. The molecule has 0 atom stereocenters. The maximum absolute atomic E-state index is 12.6. The molecule has 0 fully saturated rings. The molecule has 3 aromatic carbocycles. The minimum absolute atomic E-state index is 0.0523. The Morgan fingerprint density at radius 2 is 1.70 bits per heavy atom. The highest BCUT2D eigenvalue weighted by Gasteiger charge is 2.13. The maximum Gasteiger partial charge on any atom is 0.224 e. The molecule has 1 amide bonds.